The molecule has 2 heterocycles. The molecule has 24 heavy (non-hydrogen) atoms. The summed E-state index contributed by atoms with van der Waals surface area (Å²) in [6.07, 6.45) is 0. The van der Waals surface area contributed by atoms with E-state index in [0.717, 1.165) is 0 Å². The Morgan fingerprint density at radius 3 is 1.00 bits per heavy atom. The maximum atomic E-state index is 10.4. The van der Waals surface area contributed by atoms with Crippen LogP contribution in [0.4, 0.5) is 0 Å². The molecule has 0 aliphatic heterocycles. The maximum absolute atomic E-state index is 10.4. The van der Waals surface area contributed by atoms with Crippen molar-refractivity contribution in [3.8, 4) is 0 Å². The smallest absolute Gasteiger partial charge is 0.548 e. The Morgan fingerprint density at radius 1 is 0.750 bits per heavy atom. The molecule has 0 aliphatic carbocycles. The quantitative estimate of drug-likeness (QED) is 0.278. The number of carboxylic acids is 2. The number of rotatable bonds is 6. The first-order valence-corrected chi connectivity index (χ1v) is 6.84. The van der Waals surface area contributed by atoms with Crippen molar-refractivity contribution in [1.29, 1.82) is 0 Å². The van der Waals surface area contributed by atoms with Crippen molar-refractivity contribution in [2.75, 3.05) is 11.5 Å². The summed E-state index contributed by atoms with van der Waals surface area (Å²) in [6, 6.07) is -2.42. The van der Waals surface area contributed by atoms with Crippen LogP contribution in [-0.2, 0) is 9.59 Å². The summed E-state index contributed by atoms with van der Waals surface area (Å²) >= 11 is 7.30. The number of nitrogens with zero attached hydrogens (tertiary/aromatic N) is 2. The van der Waals surface area contributed by atoms with Crippen molar-refractivity contribution in [1.82, 2.24) is 9.13 Å². The van der Waals surface area contributed by atoms with Gasteiger partial charge in [0.2, 0.25) is 0 Å². The van der Waals surface area contributed by atoms with Gasteiger partial charge in [0.25, 0.3) is 0 Å². The van der Waals surface area contributed by atoms with Gasteiger partial charge in [-0.1, -0.05) is 0 Å². The van der Waals surface area contributed by atoms with Crippen molar-refractivity contribution in [3.63, 3.8) is 0 Å². The third-order valence-electron chi connectivity index (χ3n) is 2.65. The molecule has 0 bridgehead atoms. The number of carboxylic acid groups (broad SMARTS) is 2. The minimum atomic E-state index is -1.46. The zero-order valence-electron chi connectivity index (χ0n) is 12.6. The van der Waals surface area contributed by atoms with Crippen LogP contribution in [-0.4, -0.2) is 32.6 Å². The molecule has 0 saturated carbocycles. The standard InChI is InChI=1S/2C5H5NO4S.2Na/c2*7-3-4(8)6(3)2(1-11)5(9)10;;/h2*2,11H,1H2,(H,9,10);;/q;;2*+1/p-2/t2*2-;;/m00../s1. The van der Waals surface area contributed by atoms with Gasteiger partial charge in [-0.15, -0.1) is 0 Å². The van der Waals surface area contributed by atoms with Gasteiger partial charge in [-0.25, -0.2) is 0 Å². The second-order valence-corrected chi connectivity index (χ2v) is 4.73. The summed E-state index contributed by atoms with van der Waals surface area (Å²) in [4.78, 5) is 61.9. The molecule has 0 fully saturated rings. The summed E-state index contributed by atoms with van der Waals surface area (Å²) in [5.41, 5.74) is -3.14. The Morgan fingerprint density at radius 2 is 0.958 bits per heavy atom. The Bertz CT molecular complexity index is 725. The van der Waals surface area contributed by atoms with Crippen LogP contribution in [0.2, 0.25) is 0 Å². The summed E-state index contributed by atoms with van der Waals surface area (Å²) in [5.74, 6) is -3.14. The maximum Gasteiger partial charge on any atom is 1.00 e. The fourth-order valence-electron chi connectivity index (χ4n) is 1.38. The minimum Gasteiger partial charge on any atom is -0.548 e. The van der Waals surface area contributed by atoms with Gasteiger partial charge in [0, 0.05) is 11.5 Å². The molecule has 14 heteroatoms. The molecule has 0 radical (unpaired) electrons. The first-order chi connectivity index (χ1) is 10.2. The normalized spacial score (nSPS) is 12.4. The molecular weight excluding hydrogens is 386 g/mol. The van der Waals surface area contributed by atoms with Crippen molar-refractivity contribution in [2.45, 2.75) is 12.1 Å². The Balaban J connectivity index is 0. The molecule has 2 rings (SSSR count). The molecule has 120 valence electrons. The third kappa shape index (κ3) is 6.02. The van der Waals surface area contributed by atoms with E-state index < -0.39 is 46.3 Å². The van der Waals surface area contributed by atoms with Crippen LogP contribution in [0, 0.1) is 0 Å². The summed E-state index contributed by atoms with van der Waals surface area (Å²) in [6.45, 7) is 0. The molecule has 0 aromatic carbocycles. The van der Waals surface area contributed by atoms with Gasteiger partial charge in [0.05, 0.1) is 24.0 Å². The Hall–Kier alpha value is -0.0800. The number of aromatic nitrogens is 2. The van der Waals surface area contributed by atoms with Crippen molar-refractivity contribution in [3.05, 3.63) is 41.4 Å². The van der Waals surface area contributed by atoms with Gasteiger partial charge in [-0.3, -0.25) is 28.3 Å². The molecule has 0 saturated heterocycles. The first kappa shape index (κ1) is 26.2. The van der Waals surface area contributed by atoms with E-state index in [4.69, 9.17) is 0 Å². The average Bonchev–Trinajstić information content (AvgIpc) is 3.23. The van der Waals surface area contributed by atoms with E-state index >= 15 is 0 Å². The van der Waals surface area contributed by atoms with E-state index in [2.05, 4.69) is 25.3 Å². The number of thiol groups is 2. The SMILES string of the molecule is O=C([O-])[C@H](CS)n1c(=O)c1=O.O=C([O-])[C@H](CS)n1c(=O)c1=O.[Na+].[Na+]. The molecule has 2 atom stereocenters. The topological polar surface area (TPSA) is 158 Å². The zero-order valence-corrected chi connectivity index (χ0v) is 18.4. The van der Waals surface area contributed by atoms with Crippen LogP contribution < -0.4 is 91.6 Å². The van der Waals surface area contributed by atoms with Gasteiger partial charge in [-0.05, 0) is 0 Å². The Labute approximate surface area is 188 Å². The number of carbonyl (C=O) groups is 2. The summed E-state index contributed by atoms with van der Waals surface area (Å²) in [7, 11) is 0. The van der Waals surface area contributed by atoms with Crippen LogP contribution in [0.25, 0.3) is 0 Å². The molecule has 0 amide bonds. The largest absolute Gasteiger partial charge is 1.00 e. The van der Waals surface area contributed by atoms with Gasteiger partial charge in [0.15, 0.2) is 0 Å². The molecule has 0 unspecified atom stereocenters. The molecule has 0 N–H and O–H groups in total. The third-order valence-corrected chi connectivity index (χ3v) is 3.35. The van der Waals surface area contributed by atoms with Crippen molar-refractivity contribution < 1.29 is 78.9 Å². The Kier molecular flexibility index (Phi) is 11.8. The van der Waals surface area contributed by atoms with Gasteiger partial charge in [0.1, 0.15) is 0 Å². The number of carbonyl (C=O) groups excluding carboxylic acids is 2. The van der Waals surface area contributed by atoms with Crippen molar-refractivity contribution in [2.24, 2.45) is 0 Å². The molecule has 0 spiro atoms. The van der Waals surface area contributed by atoms with E-state index in [0.29, 0.717) is 9.13 Å². The number of hydrogen-bond donors (Lipinski definition) is 2. The molecule has 2 aromatic rings. The zero-order chi connectivity index (χ0) is 17.2. The van der Waals surface area contributed by atoms with Crippen LogP contribution >= 0.6 is 25.3 Å². The fourth-order valence-corrected chi connectivity index (χ4v) is 2.01. The van der Waals surface area contributed by atoms with E-state index in [-0.39, 0.29) is 70.6 Å². The van der Waals surface area contributed by atoms with Gasteiger partial charge < -0.3 is 19.8 Å². The molecule has 10 nitrogen and oxygen atoms in total. The average molecular weight is 394 g/mol. The van der Waals surface area contributed by atoms with E-state index in [9.17, 15) is 39.0 Å². The number of hydrogen-bond acceptors (Lipinski definition) is 10. The second kappa shape index (κ2) is 10.8. The fraction of sp³-hybridized carbons (Fsp3) is 0.400. The summed E-state index contributed by atoms with van der Waals surface area (Å²) in [5, 5.41) is 20.4. The molecule has 0 aliphatic rings. The van der Waals surface area contributed by atoms with Crippen molar-refractivity contribution >= 4 is 37.2 Å². The predicted molar refractivity (Wildman–Crippen MR) is 74.5 cm³/mol. The van der Waals surface area contributed by atoms with E-state index in [1.165, 1.54) is 0 Å². The molecular formula is C10H8N2Na2O8S2. The first-order valence-electron chi connectivity index (χ1n) is 5.57. The number of aliphatic carboxylic acids is 2. The van der Waals surface area contributed by atoms with Crippen LogP contribution in [0.15, 0.2) is 19.2 Å². The van der Waals surface area contributed by atoms with Gasteiger partial charge >= 0.3 is 81.4 Å². The van der Waals surface area contributed by atoms with Gasteiger partial charge in [-0.2, -0.15) is 25.3 Å². The van der Waals surface area contributed by atoms with Crippen LogP contribution in [0.5, 0.6) is 0 Å². The van der Waals surface area contributed by atoms with Crippen LogP contribution in [0.3, 0.4) is 0 Å². The van der Waals surface area contributed by atoms with E-state index in [1.54, 1.807) is 0 Å². The minimum absolute atomic E-state index is 0. The second-order valence-electron chi connectivity index (χ2n) is 4.00. The monoisotopic (exact) mass is 394 g/mol. The predicted octanol–water partition coefficient (Wildman–Crippen LogP) is -11.4. The van der Waals surface area contributed by atoms with E-state index in [1.807, 2.05) is 0 Å². The molecule has 2 aromatic heterocycles. The summed E-state index contributed by atoms with van der Waals surface area (Å²) < 4.78 is 1.23. The van der Waals surface area contributed by atoms with Crippen LogP contribution in [0.1, 0.15) is 12.1 Å².